The lowest BCUT2D eigenvalue weighted by molar-refractivity contribution is 0.331. The Hall–Kier alpha value is -2.75. The zero-order chi connectivity index (χ0) is 15.4. The summed E-state index contributed by atoms with van der Waals surface area (Å²) < 4.78 is 10.9. The fourth-order valence-electron chi connectivity index (χ4n) is 2.40. The van der Waals surface area contributed by atoms with Crippen LogP contribution in [0.3, 0.4) is 0 Å². The molecule has 0 fully saturated rings. The van der Waals surface area contributed by atoms with Gasteiger partial charge in [0.15, 0.2) is 0 Å². The Morgan fingerprint density at radius 3 is 2.73 bits per heavy atom. The summed E-state index contributed by atoms with van der Waals surface area (Å²) in [6.07, 6.45) is 1.77. The number of methoxy groups -OCH3 is 1. The molecule has 0 saturated heterocycles. The third-order valence-electron chi connectivity index (χ3n) is 3.40. The van der Waals surface area contributed by atoms with Gasteiger partial charge in [0.25, 0.3) is 0 Å². The molecule has 0 saturated carbocycles. The molecule has 0 amide bonds. The van der Waals surface area contributed by atoms with Crippen LogP contribution in [0.5, 0.6) is 11.6 Å². The first-order valence-electron chi connectivity index (χ1n) is 7.23. The molecule has 1 heterocycles. The van der Waals surface area contributed by atoms with Gasteiger partial charge in [-0.1, -0.05) is 12.1 Å². The molecule has 4 heteroatoms. The highest BCUT2D eigenvalue weighted by molar-refractivity contribution is 5.97. The highest BCUT2D eigenvalue weighted by Crippen LogP contribution is 2.31. The number of nitrogens with one attached hydrogen (secondary N) is 1. The average Bonchev–Trinajstić information content (AvgIpc) is 2.56. The SMILES string of the molecule is CCOc1nccc2c(Nc3cccc(OC)c3)cccc12. The van der Waals surface area contributed by atoms with Crippen molar-refractivity contribution in [3.63, 3.8) is 0 Å². The van der Waals surface area contributed by atoms with E-state index < -0.39 is 0 Å². The summed E-state index contributed by atoms with van der Waals surface area (Å²) in [4.78, 5) is 4.30. The molecule has 0 aliphatic rings. The molecular weight excluding hydrogens is 276 g/mol. The number of hydrogen-bond donors (Lipinski definition) is 1. The topological polar surface area (TPSA) is 43.4 Å². The molecular formula is C18H18N2O2. The van der Waals surface area contributed by atoms with Crippen molar-refractivity contribution >= 4 is 22.1 Å². The molecule has 0 bridgehead atoms. The number of anilines is 2. The van der Waals surface area contributed by atoms with E-state index in [1.807, 2.05) is 55.5 Å². The van der Waals surface area contributed by atoms with E-state index >= 15 is 0 Å². The molecule has 1 aromatic heterocycles. The molecule has 3 aromatic rings. The van der Waals surface area contributed by atoms with Gasteiger partial charge in [-0.25, -0.2) is 4.98 Å². The summed E-state index contributed by atoms with van der Waals surface area (Å²) in [5, 5.41) is 5.50. The van der Waals surface area contributed by atoms with E-state index in [0.717, 1.165) is 27.9 Å². The second-order valence-corrected chi connectivity index (χ2v) is 4.81. The van der Waals surface area contributed by atoms with Gasteiger partial charge >= 0.3 is 0 Å². The summed E-state index contributed by atoms with van der Waals surface area (Å²) in [5.74, 6) is 1.48. The second-order valence-electron chi connectivity index (χ2n) is 4.81. The van der Waals surface area contributed by atoms with Gasteiger partial charge < -0.3 is 14.8 Å². The number of ether oxygens (including phenoxy) is 2. The molecule has 0 unspecified atom stereocenters. The third-order valence-corrected chi connectivity index (χ3v) is 3.40. The van der Waals surface area contributed by atoms with Gasteiger partial charge in [0.05, 0.1) is 13.7 Å². The number of aromatic nitrogens is 1. The lowest BCUT2D eigenvalue weighted by atomic mass is 10.1. The van der Waals surface area contributed by atoms with Crippen LogP contribution in [0.4, 0.5) is 11.4 Å². The van der Waals surface area contributed by atoms with Gasteiger partial charge in [-0.15, -0.1) is 0 Å². The molecule has 112 valence electrons. The Bertz CT molecular complexity index is 787. The number of benzene rings is 2. The molecule has 3 rings (SSSR count). The minimum absolute atomic E-state index is 0.597. The number of nitrogens with zero attached hydrogens (tertiary/aromatic N) is 1. The summed E-state index contributed by atoms with van der Waals surface area (Å²) in [7, 11) is 1.66. The van der Waals surface area contributed by atoms with Crippen LogP contribution < -0.4 is 14.8 Å². The molecule has 4 nitrogen and oxygen atoms in total. The first kappa shape index (κ1) is 14.2. The Balaban J connectivity index is 2.01. The summed E-state index contributed by atoms with van der Waals surface area (Å²) in [5.41, 5.74) is 1.98. The maximum absolute atomic E-state index is 5.60. The van der Waals surface area contributed by atoms with E-state index in [0.29, 0.717) is 12.5 Å². The van der Waals surface area contributed by atoms with Gasteiger partial charge in [0, 0.05) is 34.4 Å². The number of rotatable bonds is 5. The molecule has 0 aliphatic carbocycles. The van der Waals surface area contributed by atoms with Crippen molar-refractivity contribution in [1.29, 1.82) is 0 Å². The smallest absolute Gasteiger partial charge is 0.221 e. The Labute approximate surface area is 129 Å². The lowest BCUT2D eigenvalue weighted by Gasteiger charge is -2.12. The van der Waals surface area contributed by atoms with E-state index in [1.54, 1.807) is 13.3 Å². The maximum Gasteiger partial charge on any atom is 0.221 e. The second kappa shape index (κ2) is 6.35. The van der Waals surface area contributed by atoms with Gasteiger partial charge in [0.2, 0.25) is 5.88 Å². The summed E-state index contributed by atoms with van der Waals surface area (Å²) >= 11 is 0. The zero-order valence-corrected chi connectivity index (χ0v) is 12.7. The van der Waals surface area contributed by atoms with Crippen LogP contribution in [0.15, 0.2) is 54.7 Å². The van der Waals surface area contributed by atoms with Crippen LogP contribution in [0.25, 0.3) is 10.8 Å². The monoisotopic (exact) mass is 294 g/mol. The third kappa shape index (κ3) is 2.81. The fourth-order valence-corrected chi connectivity index (χ4v) is 2.40. The molecule has 1 N–H and O–H groups in total. The molecule has 0 atom stereocenters. The normalized spacial score (nSPS) is 10.5. The van der Waals surface area contributed by atoms with Crippen LogP contribution in [0.1, 0.15) is 6.92 Å². The Kier molecular flexibility index (Phi) is 4.10. The maximum atomic E-state index is 5.60. The molecule has 0 aliphatic heterocycles. The van der Waals surface area contributed by atoms with Crippen molar-refractivity contribution in [3.05, 3.63) is 54.7 Å². The quantitative estimate of drug-likeness (QED) is 0.758. The standard InChI is InChI=1S/C18H18N2O2/c1-3-22-18-16-8-5-9-17(15(16)10-11-19-18)20-13-6-4-7-14(12-13)21-2/h4-12,20H,3H2,1-2H3. The van der Waals surface area contributed by atoms with Crippen molar-refractivity contribution in [2.24, 2.45) is 0 Å². The minimum Gasteiger partial charge on any atom is -0.497 e. The first-order chi connectivity index (χ1) is 10.8. The predicted molar refractivity (Wildman–Crippen MR) is 89.2 cm³/mol. The minimum atomic E-state index is 0.597. The highest BCUT2D eigenvalue weighted by Gasteiger charge is 2.07. The molecule has 22 heavy (non-hydrogen) atoms. The van der Waals surface area contributed by atoms with Gasteiger partial charge in [-0.3, -0.25) is 0 Å². The molecule has 0 radical (unpaired) electrons. The van der Waals surface area contributed by atoms with Crippen molar-refractivity contribution < 1.29 is 9.47 Å². The summed E-state index contributed by atoms with van der Waals surface area (Å²) in [6, 6.07) is 15.9. The van der Waals surface area contributed by atoms with Crippen LogP contribution in [-0.2, 0) is 0 Å². The highest BCUT2D eigenvalue weighted by atomic mass is 16.5. The largest absolute Gasteiger partial charge is 0.497 e. The van der Waals surface area contributed by atoms with E-state index in [-0.39, 0.29) is 0 Å². The van der Waals surface area contributed by atoms with Crippen LogP contribution in [0.2, 0.25) is 0 Å². The van der Waals surface area contributed by atoms with Gasteiger partial charge in [0.1, 0.15) is 5.75 Å². The fraction of sp³-hybridized carbons (Fsp3) is 0.167. The number of pyridine rings is 1. The van der Waals surface area contributed by atoms with E-state index in [1.165, 1.54) is 0 Å². The van der Waals surface area contributed by atoms with Crippen molar-refractivity contribution in [3.8, 4) is 11.6 Å². The Morgan fingerprint density at radius 2 is 1.91 bits per heavy atom. The van der Waals surface area contributed by atoms with Crippen LogP contribution in [-0.4, -0.2) is 18.7 Å². The van der Waals surface area contributed by atoms with E-state index in [2.05, 4.69) is 10.3 Å². The zero-order valence-electron chi connectivity index (χ0n) is 12.7. The van der Waals surface area contributed by atoms with Crippen LogP contribution >= 0.6 is 0 Å². The average molecular weight is 294 g/mol. The predicted octanol–water partition coefficient (Wildman–Crippen LogP) is 4.39. The van der Waals surface area contributed by atoms with Gasteiger partial charge in [-0.2, -0.15) is 0 Å². The van der Waals surface area contributed by atoms with Crippen molar-refractivity contribution in [2.75, 3.05) is 19.0 Å². The van der Waals surface area contributed by atoms with E-state index in [9.17, 15) is 0 Å². The number of hydrogen-bond acceptors (Lipinski definition) is 4. The van der Waals surface area contributed by atoms with Crippen molar-refractivity contribution in [1.82, 2.24) is 4.98 Å². The molecule has 2 aromatic carbocycles. The lowest BCUT2D eigenvalue weighted by Crippen LogP contribution is -1.97. The molecule has 0 spiro atoms. The Morgan fingerprint density at radius 1 is 1.05 bits per heavy atom. The number of fused-ring (bicyclic) bond motifs is 1. The van der Waals surface area contributed by atoms with Crippen LogP contribution in [0, 0.1) is 0 Å². The van der Waals surface area contributed by atoms with E-state index in [4.69, 9.17) is 9.47 Å². The van der Waals surface area contributed by atoms with Gasteiger partial charge in [-0.05, 0) is 37.3 Å². The van der Waals surface area contributed by atoms with Crippen molar-refractivity contribution in [2.45, 2.75) is 6.92 Å². The summed E-state index contributed by atoms with van der Waals surface area (Å²) in [6.45, 7) is 2.55. The first-order valence-corrected chi connectivity index (χ1v) is 7.23.